The summed E-state index contributed by atoms with van der Waals surface area (Å²) in [5, 5.41) is 11.9. The molecule has 1 aliphatic rings. The van der Waals surface area contributed by atoms with E-state index in [4.69, 9.17) is 9.73 Å². The molecular formula is C20H33IN6O. The van der Waals surface area contributed by atoms with Crippen LogP contribution < -0.4 is 5.32 Å². The number of nitrogens with one attached hydrogen (secondary N) is 1. The SMILES string of the molecule is CCNC(=NCCCc1nnc2ccccn12)N(C)CCC1CCOCC1.I. The lowest BCUT2D eigenvalue weighted by Gasteiger charge is -2.26. The zero-order valence-corrected chi connectivity index (χ0v) is 19.3. The summed E-state index contributed by atoms with van der Waals surface area (Å²) < 4.78 is 7.50. The van der Waals surface area contributed by atoms with Crippen molar-refractivity contribution >= 4 is 35.6 Å². The van der Waals surface area contributed by atoms with Gasteiger partial charge in [-0.1, -0.05) is 6.07 Å². The van der Waals surface area contributed by atoms with E-state index in [9.17, 15) is 0 Å². The van der Waals surface area contributed by atoms with Crippen molar-refractivity contribution in [3.8, 4) is 0 Å². The maximum atomic E-state index is 5.45. The minimum atomic E-state index is 0. The molecular weight excluding hydrogens is 467 g/mol. The van der Waals surface area contributed by atoms with Gasteiger partial charge < -0.3 is 15.0 Å². The van der Waals surface area contributed by atoms with E-state index < -0.39 is 0 Å². The van der Waals surface area contributed by atoms with Crippen LogP contribution in [0.5, 0.6) is 0 Å². The van der Waals surface area contributed by atoms with Gasteiger partial charge in [-0.2, -0.15) is 0 Å². The molecule has 3 rings (SSSR count). The molecule has 3 heterocycles. The van der Waals surface area contributed by atoms with E-state index in [1.807, 2.05) is 24.4 Å². The molecule has 0 atom stereocenters. The van der Waals surface area contributed by atoms with Gasteiger partial charge in [0.05, 0.1) is 0 Å². The number of rotatable bonds is 8. The van der Waals surface area contributed by atoms with Crippen LogP contribution in [0.2, 0.25) is 0 Å². The Kier molecular flexibility index (Phi) is 9.97. The molecule has 0 amide bonds. The Labute approximate surface area is 185 Å². The normalized spacial score (nSPS) is 15.4. The number of fused-ring (bicyclic) bond motifs is 1. The van der Waals surface area contributed by atoms with Gasteiger partial charge in [0, 0.05) is 52.5 Å². The van der Waals surface area contributed by atoms with Crippen molar-refractivity contribution < 1.29 is 4.74 Å². The highest BCUT2D eigenvalue weighted by atomic mass is 127. The minimum absolute atomic E-state index is 0. The second-order valence-electron chi connectivity index (χ2n) is 7.15. The van der Waals surface area contributed by atoms with E-state index in [1.54, 1.807) is 0 Å². The molecule has 2 aromatic heterocycles. The number of halogens is 1. The number of pyridine rings is 1. The summed E-state index contributed by atoms with van der Waals surface area (Å²) in [6.45, 7) is 6.65. The van der Waals surface area contributed by atoms with Crippen molar-refractivity contribution in [3.63, 3.8) is 0 Å². The van der Waals surface area contributed by atoms with Crippen LogP contribution in [0.3, 0.4) is 0 Å². The largest absolute Gasteiger partial charge is 0.381 e. The van der Waals surface area contributed by atoms with Gasteiger partial charge in [0.1, 0.15) is 5.82 Å². The van der Waals surface area contributed by atoms with Crippen LogP contribution in [-0.2, 0) is 11.2 Å². The van der Waals surface area contributed by atoms with Crippen LogP contribution in [0.4, 0.5) is 0 Å². The predicted octanol–water partition coefficient (Wildman–Crippen LogP) is 2.99. The number of aliphatic imine (C=N–C) groups is 1. The third kappa shape index (κ3) is 6.58. The first kappa shape index (κ1) is 22.9. The Morgan fingerprint density at radius 2 is 2.14 bits per heavy atom. The smallest absolute Gasteiger partial charge is 0.193 e. The molecule has 0 saturated carbocycles. The second-order valence-corrected chi connectivity index (χ2v) is 7.15. The quantitative estimate of drug-likeness (QED) is 0.261. The van der Waals surface area contributed by atoms with E-state index in [-0.39, 0.29) is 24.0 Å². The molecule has 1 fully saturated rings. The van der Waals surface area contributed by atoms with Gasteiger partial charge in [-0.05, 0) is 50.7 Å². The minimum Gasteiger partial charge on any atom is -0.381 e. The number of aryl methyl sites for hydroxylation is 1. The maximum Gasteiger partial charge on any atom is 0.193 e. The lowest BCUT2D eigenvalue weighted by Crippen LogP contribution is -2.40. The molecule has 0 unspecified atom stereocenters. The predicted molar refractivity (Wildman–Crippen MR) is 123 cm³/mol. The fourth-order valence-corrected chi connectivity index (χ4v) is 3.47. The van der Waals surface area contributed by atoms with Crippen molar-refractivity contribution in [2.24, 2.45) is 10.9 Å². The lowest BCUT2D eigenvalue weighted by molar-refractivity contribution is 0.0625. The number of ether oxygens (including phenoxy) is 1. The highest BCUT2D eigenvalue weighted by Crippen LogP contribution is 2.18. The van der Waals surface area contributed by atoms with Crippen molar-refractivity contribution in [1.29, 1.82) is 0 Å². The summed E-state index contributed by atoms with van der Waals surface area (Å²) in [5.74, 6) is 2.78. The molecule has 0 bridgehead atoms. The Bertz CT molecular complexity index is 728. The summed E-state index contributed by atoms with van der Waals surface area (Å²) in [6, 6.07) is 5.97. The summed E-state index contributed by atoms with van der Waals surface area (Å²) in [7, 11) is 2.13. The van der Waals surface area contributed by atoms with E-state index in [2.05, 4.69) is 38.8 Å². The summed E-state index contributed by atoms with van der Waals surface area (Å²) in [4.78, 5) is 7.06. The average molecular weight is 500 g/mol. The van der Waals surface area contributed by atoms with Gasteiger partial charge in [0.2, 0.25) is 0 Å². The molecule has 1 aliphatic heterocycles. The molecule has 0 radical (unpaired) electrons. The average Bonchev–Trinajstić information content (AvgIpc) is 3.12. The van der Waals surface area contributed by atoms with E-state index in [1.165, 1.54) is 19.3 Å². The van der Waals surface area contributed by atoms with Crippen LogP contribution >= 0.6 is 24.0 Å². The monoisotopic (exact) mass is 500 g/mol. The van der Waals surface area contributed by atoms with E-state index in [0.717, 1.165) is 69.0 Å². The highest BCUT2D eigenvalue weighted by molar-refractivity contribution is 14.0. The van der Waals surface area contributed by atoms with Crippen LogP contribution in [0, 0.1) is 5.92 Å². The zero-order valence-electron chi connectivity index (χ0n) is 17.0. The number of guanidine groups is 1. The van der Waals surface area contributed by atoms with E-state index in [0.29, 0.717) is 0 Å². The van der Waals surface area contributed by atoms with Crippen molar-refractivity contribution in [3.05, 3.63) is 30.2 Å². The van der Waals surface area contributed by atoms with Crippen LogP contribution in [0.1, 0.15) is 38.4 Å². The first-order chi connectivity index (χ1) is 13.3. The maximum absolute atomic E-state index is 5.45. The Hall–Kier alpha value is -1.42. The van der Waals surface area contributed by atoms with Gasteiger partial charge in [-0.25, -0.2) is 0 Å². The molecule has 28 heavy (non-hydrogen) atoms. The standard InChI is InChI=1S/C20H32N6O.HI/c1-3-21-20(25(2)14-9-17-10-15-27-16-11-17)22-12-6-8-19-24-23-18-7-4-5-13-26(18)19;/h4-5,7,13,17H,3,6,8-12,14-16H2,1-2H3,(H,21,22);1H. The van der Waals surface area contributed by atoms with E-state index >= 15 is 0 Å². The van der Waals surface area contributed by atoms with Crippen LogP contribution in [-0.4, -0.2) is 65.4 Å². The van der Waals surface area contributed by atoms with Gasteiger partial charge in [-0.3, -0.25) is 9.39 Å². The third-order valence-electron chi connectivity index (χ3n) is 5.11. The molecule has 156 valence electrons. The Morgan fingerprint density at radius 1 is 1.32 bits per heavy atom. The summed E-state index contributed by atoms with van der Waals surface area (Å²) in [6.07, 6.45) is 7.43. The molecule has 2 aromatic rings. The highest BCUT2D eigenvalue weighted by Gasteiger charge is 2.15. The molecule has 0 aromatic carbocycles. The van der Waals surface area contributed by atoms with Gasteiger partial charge in [-0.15, -0.1) is 34.2 Å². The number of aromatic nitrogens is 3. The van der Waals surface area contributed by atoms with Crippen LogP contribution in [0.25, 0.3) is 5.65 Å². The van der Waals surface area contributed by atoms with Gasteiger partial charge in [0.25, 0.3) is 0 Å². The Morgan fingerprint density at radius 3 is 2.93 bits per heavy atom. The number of hydrogen-bond acceptors (Lipinski definition) is 4. The van der Waals surface area contributed by atoms with Crippen molar-refractivity contribution in [2.45, 2.75) is 39.0 Å². The number of hydrogen-bond donors (Lipinski definition) is 1. The molecule has 0 spiro atoms. The first-order valence-electron chi connectivity index (χ1n) is 10.1. The molecule has 7 nitrogen and oxygen atoms in total. The van der Waals surface area contributed by atoms with Crippen molar-refractivity contribution in [2.75, 3.05) is 39.9 Å². The fourth-order valence-electron chi connectivity index (χ4n) is 3.47. The second kappa shape index (κ2) is 12.2. The molecule has 0 aliphatic carbocycles. The zero-order chi connectivity index (χ0) is 18.9. The van der Waals surface area contributed by atoms with Gasteiger partial charge in [0.15, 0.2) is 11.6 Å². The Balaban J connectivity index is 0.00000280. The topological polar surface area (TPSA) is 67.0 Å². The molecule has 8 heteroatoms. The fraction of sp³-hybridized carbons (Fsp3) is 0.650. The third-order valence-corrected chi connectivity index (χ3v) is 5.11. The summed E-state index contributed by atoms with van der Waals surface area (Å²) >= 11 is 0. The number of nitrogens with zero attached hydrogens (tertiary/aromatic N) is 5. The van der Waals surface area contributed by atoms with Gasteiger partial charge >= 0.3 is 0 Å². The molecule has 1 N–H and O–H groups in total. The van der Waals surface area contributed by atoms with Crippen molar-refractivity contribution in [1.82, 2.24) is 24.8 Å². The lowest BCUT2D eigenvalue weighted by atomic mass is 9.96. The summed E-state index contributed by atoms with van der Waals surface area (Å²) in [5.41, 5.74) is 0.900. The molecule has 1 saturated heterocycles. The van der Waals surface area contributed by atoms with Crippen LogP contribution in [0.15, 0.2) is 29.4 Å². The first-order valence-corrected chi connectivity index (χ1v) is 10.1.